The van der Waals surface area contributed by atoms with Gasteiger partial charge in [0.05, 0.1) is 23.6 Å². The molecule has 1 N–H and O–H groups in total. The van der Waals surface area contributed by atoms with E-state index in [1.165, 1.54) is 11.1 Å². The average molecular weight is 341 g/mol. The predicted molar refractivity (Wildman–Crippen MR) is 81.6 cm³/mol. The van der Waals surface area contributed by atoms with Crippen LogP contribution in [0.4, 0.5) is 4.79 Å². The summed E-state index contributed by atoms with van der Waals surface area (Å²) in [6.07, 6.45) is 1.47. The molecule has 2 saturated heterocycles. The Labute approximate surface area is 134 Å². The van der Waals surface area contributed by atoms with Gasteiger partial charge in [-0.1, -0.05) is 0 Å². The van der Waals surface area contributed by atoms with Gasteiger partial charge in [-0.25, -0.2) is 13.2 Å². The standard InChI is InChI=1S/C13H19N5O4S/c1-16(2)13(20)18-6-5-17(12(19)9-3-4-14-15-9)10-7-23(21,22)8-11(10)18/h3-4,10-11H,5-8H2,1-2H3,(H,14,15)/t10-,11+/m1/s1. The molecule has 3 rings (SSSR count). The summed E-state index contributed by atoms with van der Waals surface area (Å²) in [4.78, 5) is 29.4. The topological polar surface area (TPSA) is 107 Å². The minimum absolute atomic E-state index is 0.107. The molecule has 0 unspecified atom stereocenters. The summed E-state index contributed by atoms with van der Waals surface area (Å²) in [5, 5.41) is 6.36. The number of carbonyl (C=O) groups is 2. The zero-order chi connectivity index (χ0) is 16.8. The Morgan fingerprint density at radius 2 is 1.83 bits per heavy atom. The molecule has 2 aliphatic heterocycles. The Bertz CT molecular complexity index is 715. The smallest absolute Gasteiger partial charge is 0.319 e. The summed E-state index contributed by atoms with van der Waals surface area (Å²) >= 11 is 0. The first kappa shape index (κ1) is 15.8. The van der Waals surface area contributed by atoms with Crippen LogP contribution in [0.5, 0.6) is 0 Å². The van der Waals surface area contributed by atoms with Crippen molar-refractivity contribution < 1.29 is 18.0 Å². The van der Waals surface area contributed by atoms with Gasteiger partial charge in [0.2, 0.25) is 0 Å². The minimum atomic E-state index is -3.29. The maximum Gasteiger partial charge on any atom is 0.319 e. The van der Waals surface area contributed by atoms with E-state index in [0.29, 0.717) is 18.8 Å². The number of H-pyrrole nitrogens is 1. The fourth-order valence-electron chi connectivity index (χ4n) is 3.23. The zero-order valence-corrected chi connectivity index (χ0v) is 13.8. The van der Waals surface area contributed by atoms with Crippen LogP contribution in [0.15, 0.2) is 12.3 Å². The first-order valence-corrected chi connectivity index (χ1v) is 9.11. The Morgan fingerprint density at radius 3 is 2.39 bits per heavy atom. The fourth-order valence-corrected chi connectivity index (χ4v) is 5.21. The molecule has 1 aromatic rings. The van der Waals surface area contributed by atoms with Crippen molar-refractivity contribution in [2.45, 2.75) is 12.1 Å². The van der Waals surface area contributed by atoms with Gasteiger partial charge < -0.3 is 14.7 Å². The number of sulfone groups is 1. The molecule has 1 aromatic heterocycles. The highest BCUT2D eigenvalue weighted by atomic mass is 32.2. The first-order chi connectivity index (χ1) is 10.8. The lowest BCUT2D eigenvalue weighted by molar-refractivity contribution is 0.0388. The number of nitrogens with one attached hydrogen (secondary N) is 1. The summed E-state index contributed by atoms with van der Waals surface area (Å²) in [5.41, 5.74) is 0.320. The molecule has 0 radical (unpaired) electrons. The number of hydrogen-bond donors (Lipinski definition) is 1. The molecule has 126 valence electrons. The van der Waals surface area contributed by atoms with Crippen LogP contribution in [0.1, 0.15) is 10.5 Å². The highest BCUT2D eigenvalue weighted by molar-refractivity contribution is 7.91. The van der Waals surface area contributed by atoms with Crippen LogP contribution in [-0.4, -0.2) is 96.0 Å². The monoisotopic (exact) mass is 341 g/mol. The number of aromatic amines is 1. The van der Waals surface area contributed by atoms with E-state index < -0.39 is 21.9 Å². The van der Waals surface area contributed by atoms with Crippen LogP contribution in [0.25, 0.3) is 0 Å². The Morgan fingerprint density at radius 1 is 1.22 bits per heavy atom. The van der Waals surface area contributed by atoms with Crippen LogP contribution < -0.4 is 0 Å². The summed E-state index contributed by atoms with van der Waals surface area (Å²) in [5.74, 6) is -0.509. The van der Waals surface area contributed by atoms with E-state index in [1.807, 2.05) is 0 Å². The van der Waals surface area contributed by atoms with Gasteiger partial charge in [0.25, 0.3) is 5.91 Å². The van der Waals surface area contributed by atoms with E-state index in [0.717, 1.165) is 0 Å². The molecular formula is C13H19N5O4S. The lowest BCUT2D eigenvalue weighted by atomic mass is 10.0. The Hall–Kier alpha value is -2.10. The number of hydrogen-bond acceptors (Lipinski definition) is 5. The Balaban J connectivity index is 1.90. The molecule has 2 atom stereocenters. The van der Waals surface area contributed by atoms with Crippen molar-refractivity contribution in [3.63, 3.8) is 0 Å². The molecule has 3 amide bonds. The second-order valence-corrected chi connectivity index (χ2v) is 8.20. The van der Waals surface area contributed by atoms with Crippen molar-refractivity contribution in [3.8, 4) is 0 Å². The van der Waals surface area contributed by atoms with Gasteiger partial charge in [-0.15, -0.1) is 0 Å². The quantitative estimate of drug-likeness (QED) is 0.706. The molecule has 0 bridgehead atoms. The van der Waals surface area contributed by atoms with E-state index >= 15 is 0 Å². The van der Waals surface area contributed by atoms with E-state index in [1.54, 1.807) is 30.0 Å². The number of rotatable bonds is 1. The van der Waals surface area contributed by atoms with Crippen molar-refractivity contribution in [1.82, 2.24) is 24.9 Å². The molecule has 9 nitrogen and oxygen atoms in total. The second kappa shape index (κ2) is 5.52. The van der Waals surface area contributed by atoms with Gasteiger partial charge in [-0.2, -0.15) is 5.10 Å². The molecule has 10 heteroatoms. The summed E-state index contributed by atoms with van der Waals surface area (Å²) in [6, 6.07) is 0.299. The highest BCUT2D eigenvalue weighted by Crippen LogP contribution is 2.28. The number of urea groups is 1. The van der Waals surface area contributed by atoms with Crippen LogP contribution in [-0.2, 0) is 9.84 Å². The highest BCUT2D eigenvalue weighted by Gasteiger charge is 2.49. The van der Waals surface area contributed by atoms with Crippen molar-refractivity contribution in [1.29, 1.82) is 0 Å². The zero-order valence-electron chi connectivity index (χ0n) is 13.0. The summed E-state index contributed by atoms with van der Waals surface area (Å²) < 4.78 is 24.2. The van der Waals surface area contributed by atoms with Crippen molar-refractivity contribution in [2.24, 2.45) is 0 Å². The molecule has 23 heavy (non-hydrogen) atoms. The van der Waals surface area contributed by atoms with Gasteiger partial charge in [0.1, 0.15) is 5.69 Å². The van der Waals surface area contributed by atoms with Gasteiger partial charge in [0, 0.05) is 33.4 Å². The van der Waals surface area contributed by atoms with Crippen LogP contribution in [0.3, 0.4) is 0 Å². The average Bonchev–Trinajstić information content (AvgIpc) is 3.10. The van der Waals surface area contributed by atoms with E-state index in [4.69, 9.17) is 0 Å². The van der Waals surface area contributed by atoms with Crippen LogP contribution in [0.2, 0.25) is 0 Å². The van der Waals surface area contributed by atoms with E-state index in [2.05, 4.69) is 10.2 Å². The van der Waals surface area contributed by atoms with Crippen molar-refractivity contribution in [2.75, 3.05) is 38.7 Å². The minimum Gasteiger partial charge on any atom is -0.331 e. The third-order valence-corrected chi connectivity index (χ3v) is 6.00. The third-order valence-electron chi connectivity index (χ3n) is 4.30. The van der Waals surface area contributed by atoms with Gasteiger partial charge in [0.15, 0.2) is 9.84 Å². The first-order valence-electron chi connectivity index (χ1n) is 7.29. The van der Waals surface area contributed by atoms with E-state index in [9.17, 15) is 18.0 Å². The number of carbonyl (C=O) groups excluding carboxylic acids is 2. The molecule has 2 fully saturated rings. The molecule has 0 saturated carbocycles. The molecule has 0 aliphatic carbocycles. The molecule has 0 spiro atoms. The van der Waals surface area contributed by atoms with Crippen LogP contribution >= 0.6 is 0 Å². The fraction of sp³-hybridized carbons (Fsp3) is 0.615. The maximum atomic E-state index is 12.6. The maximum absolute atomic E-state index is 12.6. The van der Waals surface area contributed by atoms with Crippen LogP contribution in [0, 0.1) is 0 Å². The number of nitrogens with zero attached hydrogens (tertiary/aromatic N) is 4. The number of fused-ring (bicyclic) bond motifs is 1. The van der Waals surface area contributed by atoms with Crippen molar-refractivity contribution in [3.05, 3.63) is 18.0 Å². The lowest BCUT2D eigenvalue weighted by Gasteiger charge is -2.44. The molecule has 2 aliphatic rings. The van der Waals surface area contributed by atoms with Crippen molar-refractivity contribution >= 4 is 21.8 Å². The van der Waals surface area contributed by atoms with Gasteiger partial charge in [-0.3, -0.25) is 9.89 Å². The second-order valence-electron chi connectivity index (χ2n) is 6.05. The molecular weight excluding hydrogens is 322 g/mol. The number of piperazine rings is 1. The van der Waals surface area contributed by atoms with Gasteiger partial charge >= 0.3 is 6.03 Å². The SMILES string of the molecule is CN(C)C(=O)N1CCN(C(=O)c2ccn[nH]2)[C@@H]2CS(=O)(=O)C[C@@H]21. The Kier molecular flexibility index (Phi) is 3.78. The summed E-state index contributed by atoms with van der Waals surface area (Å²) in [7, 11) is -0.0326. The lowest BCUT2D eigenvalue weighted by Crippen LogP contribution is -2.63. The summed E-state index contributed by atoms with van der Waals surface area (Å²) in [6.45, 7) is 0.613. The molecule has 3 heterocycles. The third kappa shape index (κ3) is 2.78. The largest absolute Gasteiger partial charge is 0.331 e. The normalized spacial score (nSPS) is 26.0. The number of amides is 3. The predicted octanol–water partition coefficient (Wildman–Crippen LogP) is -0.985. The number of aromatic nitrogens is 2. The van der Waals surface area contributed by atoms with E-state index in [-0.39, 0.29) is 23.4 Å². The van der Waals surface area contributed by atoms with Gasteiger partial charge in [-0.05, 0) is 6.07 Å². The molecule has 0 aromatic carbocycles.